The number of aryl methyl sites for hydroxylation is 1. The fraction of sp³-hybridized carbons (Fsp3) is 0.615. The molecule has 0 atom stereocenters. The lowest BCUT2D eigenvalue weighted by molar-refractivity contribution is -0.141. The van der Waals surface area contributed by atoms with Gasteiger partial charge < -0.3 is 5.32 Å². The first kappa shape index (κ1) is 16.8. The molecule has 5 nitrogen and oxygen atoms in total. The highest BCUT2D eigenvalue weighted by atomic mass is 35.5. The molecule has 9 heteroatoms. The third kappa shape index (κ3) is 3.79. The molecule has 1 fully saturated rings. The van der Waals surface area contributed by atoms with Gasteiger partial charge in [0.15, 0.2) is 5.69 Å². The molecule has 0 spiro atoms. The smallest absolute Gasteiger partial charge is 0.349 e. The van der Waals surface area contributed by atoms with Crippen molar-refractivity contribution in [2.24, 2.45) is 0 Å². The van der Waals surface area contributed by atoms with Gasteiger partial charge in [-0.3, -0.25) is 14.3 Å². The molecule has 1 N–H and O–H groups in total. The first-order valence-corrected chi connectivity index (χ1v) is 7.21. The Hall–Kier alpha value is -1.57. The van der Waals surface area contributed by atoms with Crippen molar-refractivity contribution in [3.05, 3.63) is 16.4 Å². The SMILES string of the molecule is CC(=O)C(=O)NCCCn1nc(C(F)(F)F)c(Cl)c1C1CC1. The van der Waals surface area contributed by atoms with Crippen molar-refractivity contribution < 1.29 is 22.8 Å². The van der Waals surface area contributed by atoms with Crippen LogP contribution in [0.15, 0.2) is 0 Å². The van der Waals surface area contributed by atoms with Crippen LogP contribution in [0, 0.1) is 0 Å². The molecule has 1 heterocycles. The lowest BCUT2D eigenvalue weighted by Crippen LogP contribution is -2.30. The number of carbonyl (C=O) groups excluding carboxylic acids is 2. The number of carbonyl (C=O) groups is 2. The van der Waals surface area contributed by atoms with Crippen LogP contribution < -0.4 is 5.32 Å². The predicted octanol–water partition coefficient (Wildman–Crippen LogP) is 2.53. The number of ketones is 1. The van der Waals surface area contributed by atoms with E-state index in [4.69, 9.17) is 11.6 Å². The quantitative estimate of drug-likeness (QED) is 0.641. The number of nitrogens with zero attached hydrogens (tertiary/aromatic N) is 2. The van der Waals surface area contributed by atoms with Crippen LogP contribution in [0.2, 0.25) is 5.02 Å². The van der Waals surface area contributed by atoms with Crippen LogP contribution in [0.25, 0.3) is 0 Å². The van der Waals surface area contributed by atoms with Crippen LogP contribution in [-0.2, 0) is 22.3 Å². The Labute approximate surface area is 129 Å². The van der Waals surface area contributed by atoms with E-state index in [0.717, 1.165) is 19.8 Å². The molecule has 1 saturated carbocycles. The summed E-state index contributed by atoms with van der Waals surface area (Å²) in [5.41, 5.74) is -0.657. The molecule has 1 aromatic rings. The molecule has 0 bridgehead atoms. The Kier molecular flexibility index (Phi) is 4.79. The average Bonchev–Trinajstić information content (AvgIpc) is 3.17. The minimum atomic E-state index is -4.59. The van der Waals surface area contributed by atoms with E-state index in [2.05, 4.69) is 10.4 Å². The highest BCUT2D eigenvalue weighted by Gasteiger charge is 2.41. The van der Waals surface area contributed by atoms with E-state index < -0.39 is 23.6 Å². The molecule has 122 valence electrons. The van der Waals surface area contributed by atoms with Crippen LogP contribution in [0.3, 0.4) is 0 Å². The second kappa shape index (κ2) is 6.28. The number of Topliss-reactive ketones (excluding diaryl/α,β-unsaturated/α-hetero) is 1. The van der Waals surface area contributed by atoms with E-state index in [9.17, 15) is 22.8 Å². The zero-order valence-corrected chi connectivity index (χ0v) is 12.6. The summed E-state index contributed by atoms with van der Waals surface area (Å²) in [6, 6.07) is 0. The predicted molar refractivity (Wildman–Crippen MR) is 72.5 cm³/mol. The third-order valence-corrected chi connectivity index (χ3v) is 3.69. The summed E-state index contributed by atoms with van der Waals surface area (Å²) in [5.74, 6) is -1.31. The summed E-state index contributed by atoms with van der Waals surface area (Å²) in [7, 11) is 0. The van der Waals surface area contributed by atoms with Crippen LogP contribution in [-0.4, -0.2) is 28.0 Å². The van der Waals surface area contributed by atoms with Gasteiger partial charge in [0.1, 0.15) is 0 Å². The summed E-state index contributed by atoms with van der Waals surface area (Å²) >= 11 is 5.84. The summed E-state index contributed by atoms with van der Waals surface area (Å²) in [6.45, 7) is 1.52. The Morgan fingerprint density at radius 1 is 1.41 bits per heavy atom. The van der Waals surface area contributed by atoms with Gasteiger partial charge in [0.25, 0.3) is 5.91 Å². The minimum Gasteiger partial charge on any atom is -0.349 e. The number of halogens is 4. The molecule has 22 heavy (non-hydrogen) atoms. The van der Waals surface area contributed by atoms with Crippen molar-refractivity contribution in [3.63, 3.8) is 0 Å². The van der Waals surface area contributed by atoms with E-state index in [-0.39, 0.29) is 24.0 Å². The van der Waals surface area contributed by atoms with E-state index in [1.807, 2.05) is 0 Å². The van der Waals surface area contributed by atoms with Gasteiger partial charge in [-0.2, -0.15) is 18.3 Å². The fourth-order valence-electron chi connectivity index (χ4n) is 2.11. The van der Waals surface area contributed by atoms with Gasteiger partial charge in [-0.25, -0.2) is 0 Å². The first-order valence-electron chi connectivity index (χ1n) is 6.84. The molecular weight excluding hydrogens is 323 g/mol. The molecule has 1 amide bonds. The normalized spacial score (nSPS) is 15.0. The Bertz CT molecular complexity index is 594. The highest BCUT2D eigenvalue weighted by Crippen LogP contribution is 2.46. The number of rotatable bonds is 6. The Morgan fingerprint density at radius 3 is 2.55 bits per heavy atom. The molecule has 0 saturated heterocycles. The first-order chi connectivity index (χ1) is 10.2. The zero-order chi connectivity index (χ0) is 16.5. The monoisotopic (exact) mass is 337 g/mol. The molecular formula is C13H15ClF3N3O2. The molecule has 1 aliphatic rings. The summed E-state index contributed by atoms with van der Waals surface area (Å²) in [4.78, 5) is 21.8. The van der Waals surface area contributed by atoms with Gasteiger partial charge in [0, 0.05) is 25.9 Å². The Morgan fingerprint density at radius 2 is 2.05 bits per heavy atom. The summed E-state index contributed by atoms with van der Waals surface area (Å²) in [5, 5.41) is 5.63. The van der Waals surface area contributed by atoms with Crippen LogP contribution >= 0.6 is 11.6 Å². The lowest BCUT2D eigenvalue weighted by Gasteiger charge is -2.07. The van der Waals surface area contributed by atoms with E-state index in [0.29, 0.717) is 12.1 Å². The molecule has 0 unspecified atom stereocenters. The van der Waals surface area contributed by atoms with E-state index >= 15 is 0 Å². The van der Waals surface area contributed by atoms with Gasteiger partial charge in [-0.1, -0.05) is 11.6 Å². The van der Waals surface area contributed by atoms with Crippen LogP contribution in [0.5, 0.6) is 0 Å². The Balaban J connectivity index is 2.04. The molecule has 0 aromatic carbocycles. The molecule has 0 radical (unpaired) electrons. The number of amides is 1. The maximum atomic E-state index is 12.9. The van der Waals surface area contributed by atoms with Gasteiger partial charge in [-0.05, 0) is 19.3 Å². The van der Waals surface area contributed by atoms with Crippen molar-refractivity contribution in [2.75, 3.05) is 6.54 Å². The summed E-state index contributed by atoms with van der Waals surface area (Å²) < 4.78 is 39.8. The second-order valence-corrected chi connectivity index (χ2v) is 5.59. The number of alkyl halides is 3. The maximum Gasteiger partial charge on any atom is 0.436 e. The average molecular weight is 338 g/mol. The lowest BCUT2D eigenvalue weighted by atomic mass is 10.2. The van der Waals surface area contributed by atoms with Gasteiger partial charge in [0.05, 0.1) is 10.7 Å². The fourth-order valence-corrected chi connectivity index (χ4v) is 2.50. The number of nitrogens with one attached hydrogen (secondary N) is 1. The van der Waals surface area contributed by atoms with E-state index in [1.165, 1.54) is 4.68 Å². The van der Waals surface area contributed by atoms with Gasteiger partial charge in [0.2, 0.25) is 5.78 Å². The molecule has 0 aliphatic heterocycles. The van der Waals surface area contributed by atoms with E-state index in [1.54, 1.807) is 0 Å². The largest absolute Gasteiger partial charge is 0.436 e. The topological polar surface area (TPSA) is 64.0 Å². The van der Waals surface area contributed by atoms with Crippen molar-refractivity contribution in [3.8, 4) is 0 Å². The van der Waals surface area contributed by atoms with Crippen molar-refractivity contribution in [1.29, 1.82) is 0 Å². The van der Waals surface area contributed by atoms with Crippen LogP contribution in [0.1, 0.15) is 43.5 Å². The number of hydrogen-bond acceptors (Lipinski definition) is 3. The van der Waals surface area contributed by atoms with Crippen molar-refractivity contribution in [1.82, 2.24) is 15.1 Å². The molecule has 2 rings (SSSR count). The number of aromatic nitrogens is 2. The standard InChI is InChI=1S/C13H15ClF3N3O2/c1-7(21)12(22)18-5-2-6-20-10(8-3-4-8)9(14)11(19-20)13(15,16)17/h8H,2-6H2,1H3,(H,18,22). The third-order valence-electron chi connectivity index (χ3n) is 3.32. The van der Waals surface area contributed by atoms with Crippen LogP contribution in [0.4, 0.5) is 13.2 Å². The van der Waals surface area contributed by atoms with Crippen molar-refractivity contribution >= 4 is 23.3 Å². The number of hydrogen-bond donors (Lipinski definition) is 1. The summed E-state index contributed by atoms with van der Waals surface area (Å²) in [6.07, 6.45) is -2.64. The highest BCUT2D eigenvalue weighted by molar-refractivity contribution is 6.35. The minimum absolute atomic E-state index is 0.0166. The maximum absolute atomic E-state index is 12.9. The van der Waals surface area contributed by atoms with Crippen molar-refractivity contribution in [2.45, 2.75) is 44.8 Å². The second-order valence-electron chi connectivity index (χ2n) is 5.21. The molecule has 1 aromatic heterocycles. The zero-order valence-electron chi connectivity index (χ0n) is 11.8. The van der Waals surface area contributed by atoms with Gasteiger partial charge >= 0.3 is 6.18 Å². The van der Waals surface area contributed by atoms with Gasteiger partial charge in [-0.15, -0.1) is 0 Å². The molecule has 1 aliphatic carbocycles.